The Morgan fingerprint density at radius 3 is 1.78 bits per heavy atom. The molecule has 2 aliphatic rings. The summed E-state index contributed by atoms with van der Waals surface area (Å²) in [5, 5.41) is 40.1. The number of aliphatic hydroxyl groups excluding tert-OH is 3. The highest BCUT2D eigenvalue weighted by molar-refractivity contribution is 5.97. The minimum Gasteiger partial charge on any atom is -0.457 e. The molecule has 10 atom stereocenters. The Labute approximate surface area is 356 Å². The van der Waals surface area contributed by atoms with Crippen LogP contribution in [0, 0.1) is 0 Å². The molecule has 22 nitrogen and oxygen atoms in total. The predicted molar refractivity (Wildman–Crippen MR) is 190 cm³/mol. The minimum absolute atomic E-state index is 0.114. The SMILES string of the molecule is CC(=O)OC1[C@@H](O)C(CO[C@@H]2OC(Cn3cc(-c4cc(CO)cc(CO)c4)nn3)[C@@H](OC(C)=O)C(OC(C)=O)[C@@H]2N(C(C)=O)C(=O)C(F)(F)F)O[C@@H](OC(C)=O)[C@H]1NC(=O)C(F)(F)F. The number of alkyl halides is 6. The fraction of sp³-hybridized carbons (Fsp3) is 0.583. The molecule has 4 unspecified atom stereocenters. The number of ether oxygens (including phenoxy) is 7. The van der Waals surface area contributed by atoms with E-state index in [0.717, 1.165) is 32.4 Å². The van der Waals surface area contributed by atoms with Crippen molar-refractivity contribution < 1.29 is 108 Å². The van der Waals surface area contributed by atoms with Gasteiger partial charge in [0.05, 0.1) is 32.6 Å². The molecule has 0 radical (unpaired) electrons. The fourth-order valence-electron chi connectivity index (χ4n) is 6.76. The third-order valence-electron chi connectivity index (χ3n) is 9.17. The Morgan fingerprint density at radius 2 is 1.28 bits per heavy atom. The summed E-state index contributed by atoms with van der Waals surface area (Å²) in [5.74, 6) is -12.1. The van der Waals surface area contributed by atoms with E-state index in [-0.39, 0.29) is 5.69 Å². The van der Waals surface area contributed by atoms with E-state index in [0.29, 0.717) is 23.6 Å². The van der Waals surface area contributed by atoms with Crippen molar-refractivity contribution in [1.29, 1.82) is 0 Å². The number of nitrogens with one attached hydrogen (secondary N) is 1. The molecule has 0 aliphatic carbocycles. The molecule has 4 N–H and O–H groups in total. The molecule has 4 rings (SSSR count). The van der Waals surface area contributed by atoms with Crippen LogP contribution in [-0.2, 0) is 86.5 Å². The first-order chi connectivity index (χ1) is 29.7. The van der Waals surface area contributed by atoms with Crippen LogP contribution < -0.4 is 5.32 Å². The monoisotopic (exact) mass is 929 g/mol. The molecule has 354 valence electrons. The molecule has 28 heteroatoms. The summed E-state index contributed by atoms with van der Waals surface area (Å²) in [6, 6.07) is -0.300. The van der Waals surface area contributed by atoms with E-state index in [1.165, 1.54) is 29.7 Å². The molecule has 1 aromatic heterocycles. The summed E-state index contributed by atoms with van der Waals surface area (Å²) >= 11 is 0. The summed E-state index contributed by atoms with van der Waals surface area (Å²) in [5.41, 5.74) is 1.18. The maximum absolute atomic E-state index is 14.2. The normalized spacial score (nSPS) is 26.0. The van der Waals surface area contributed by atoms with Crippen LogP contribution in [0.25, 0.3) is 11.3 Å². The summed E-state index contributed by atoms with van der Waals surface area (Å²) < 4.78 is 121. The van der Waals surface area contributed by atoms with E-state index in [4.69, 9.17) is 33.2 Å². The quantitative estimate of drug-likeness (QED) is 0.105. The zero-order valence-corrected chi connectivity index (χ0v) is 34.0. The van der Waals surface area contributed by atoms with Gasteiger partial charge in [0.25, 0.3) is 0 Å². The average molecular weight is 930 g/mol. The Balaban J connectivity index is 1.83. The highest BCUT2D eigenvalue weighted by atomic mass is 19.4. The maximum atomic E-state index is 14.2. The van der Waals surface area contributed by atoms with E-state index >= 15 is 0 Å². The molecule has 1 aromatic carbocycles. The van der Waals surface area contributed by atoms with E-state index in [2.05, 4.69) is 10.3 Å². The number of carbonyl (C=O) groups is 7. The molecule has 2 fully saturated rings. The molecule has 0 saturated carbocycles. The molecule has 64 heavy (non-hydrogen) atoms. The van der Waals surface area contributed by atoms with Gasteiger partial charge in [-0.05, 0) is 23.3 Å². The first-order valence-electron chi connectivity index (χ1n) is 18.6. The van der Waals surface area contributed by atoms with Crippen LogP contribution in [0.5, 0.6) is 0 Å². The van der Waals surface area contributed by atoms with Gasteiger partial charge in [-0.1, -0.05) is 11.3 Å². The Bertz CT molecular complexity index is 2050. The van der Waals surface area contributed by atoms with Crippen molar-refractivity contribution in [2.45, 2.75) is 128 Å². The maximum Gasteiger partial charge on any atom is 0.471 e. The highest BCUT2D eigenvalue weighted by Crippen LogP contribution is 2.35. The van der Waals surface area contributed by atoms with E-state index in [9.17, 15) is 75.2 Å². The van der Waals surface area contributed by atoms with Gasteiger partial charge in [-0.25, -0.2) is 4.68 Å². The number of aliphatic hydroxyl groups is 3. The second-order valence-corrected chi connectivity index (χ2v) is 14.1. The van der Waals surface area contributed by atoms with Gasteiger partial charge in [0, 0.05) is 40.2 Å². The second-order valence-electron chi connectivity index (χ2n) is 14.1. The summed E-state index contributed by atoms with van der Waals surface area (Å²) in [7, 11) is 0. The van der Waals surface area contributed by atoms with Gasteiger partial charge in [-0.3, -0.25) is 38.5 Å². The first-order valence-corrected chi connectivity index (χ1v) is 18.6. The number of benzene rings is 1. The number of aromatic nitrogens is 3. The Kier molecular flexibility index (Phi) is 16.5. The van der Waals surface area contributed by atoms with Crippen LogP contribution in [-0.4, -0.2) is 157 Å². The number of esters is 4. The lowest BCUT2D eigenvalue weighted by Gasteiger charge is -2.48. The molecule has 2 saturated heterocycles. The van der Waals surface area contributed by atoms with Crippen LogP contribution >= 0.6 is 0 Å². The van der Waals surface area contributed by atoms with Crippen molar-refractivity contribution in [1.82, 2.24) is 25.2 Å². The van der Waals surface area contributed by atoms with Crippen molar-refractivity contribution in [3.8, 4) is 11.3 Å². The van der Waals surface area contributed by atoms with Gasteiger partial charge < -0.3 is 53.8 Å². The molecular weight excluding hydrogens is 888 g/mol. The lowest BCUT2D eigenvalue weighted by molar-refractivity contribution is -0.310. The topological polar surface area (TPSA) is 291 Å². The number of halogens is 6. The highest BCUT2D eigenvalue weighted by Gasteiger charge is 2.59. The standard InChI is InChI=1S/C36H41F6N5O17/c1-14(50)47(34(57)36(40,41)42)26-30(61-17(4)53)28(59-15(2)51)23(10-46-9-22(44-45-46)21-7-19(11-48)6-20(8-21)12-49)63-32(26)58-13-24-27(55)29(60-16(3)52)25(31(64-24)62-18(5)54)43-33(56)35(37,38)39/h6-9,23-32,48-49,55H,10-13H2,1-5H3,(H,43,56)/t23?,24?,25-,26-,27-,28+,29?,30?,31+,32+/m0/s1. The van der Waals surface area contributed by atoms with Crippen molar-refractivity contribution in [3.63, 3.8) is 0 Å². The van der Waals surface area contributed by atoms with Crippen LogP contribution in [0.2, 0.25) is 0 Å². The molecule has 2 aromatic rings. The Hall–Kier alpha value is -5.81. The van der Waals surface area contributed by atoms with Crippen LogP contribution in [0.1, 0.15) is 45.7 Å². The lowest BCUT2D eigenvalue weighted by Crippen LogP contribution is -2.70. The third-order valence-corrected chi connectivity index (χ3v) is 9.17. The number of carbonyl (C=O) groups excluding carboxylic acids is 7. The van der Waals surface area contributed by atoms with Gasteiger partial charge >= 0.3 is 48.0 Å². The minimum atomic E-state index is -5.82. The van der Waals surface area contributed by atoms with Crippen LogP contribution in [0.4, 0.5) is 26.3 Å². The van der Waals surface area contributed by atoms with Crippen molar-refractivity contribution in [2.24, 2.45) is 0 Å². The summed E-state index contributed by atoms with van der Waals surface area (Å²) in [4.78, 5) is 86.6. The number of rotatable bonds is 14. The number of amides is 3. The molecule has 0 spiro atoms. The smallest absolute Gasteiger partial charge is 0.457 e. The zero-order valence-electron chi connectivity index (χ0n) is 34.0. The number of nitrogens with zero attached hydrogens (tertiary/aromatic N) is 4. The molecular formula is C36H41F6N5O17. The Morgan fingerprint density at radius 1 is 0.750 bits per heavy atom. The summed E-state index contributed by atoms with van der Waals surface area (Å²) in [6.45, 7) is 0.910. The molecule has 0 bridgehead atoms. The van der Waals surface area contributed by atoms with Gasteiger partial charge in [0.2, 0.25) is 12.2 Å². The van der Waals surface area contributed by atoms with Gasteiger partial charge in [-0.15, -0.1) is 5.10 Å². The van der Waals surface area contributed by atoms with Crippen molar-refractivity contribution in [3.05, 3.63) is 35.5 Å². The van der Waals surface area contributed by atoms with E-state index < -0.39 is 147 Å². The zero-order chi connectivity index (χ0) is 48.0. The van der Waals surface area contributed by atoms with Gasteiger partial charge in [0.15, 0.2) is 24.6 Å². The van der Waals surface area contributed by atoms with E-state index in [1.807, 2.05) is 0 Å². The third kappa shape index (κ3) is 12.7. The van der Waals surface area contributed by atoms with E-state index in [1.54, 1.807) is 0 Å². The molecule has 3 heterocycles. The van der Waals surface area contributed by atoms with Crippen LogP contribution in [0.15, 0.2) is 24.4 Å². The number of hydrogen-bond acceptors (Lipinski definition) is 19. The molecule has 3 amide bonds. The fourth-order valence-corrected chi connectivity index (χ4v) is 6.76. The largest absolute Gasteiger partial charge is 0.471 e. The van der Waals surface area contributed by atoms with Crippen molar-refractivity contribution in [2.75, 3.05) is 6.61 Å². The van der Waals surface area contributed by atoms with Gasteiger partial charge in [-0.2, -0.15) is 26.3 Å². The average Bonchev–Trinajstić information content (AvgIpc) is 3.65. The van der Waals surface area contributed by atoms with Gasteiger partial charge in [0.1, 0.15) is 36.1 Å². The van der Waals surface area contributed by atoms with Crippen molar-refractivity contribution >= 4 is 41.6 Å². The number of imide groups is 1. The second kappa shape index (κ2) is 20.8. The number of hydrogen-bond donors (Lipinski definition) is 4. The summed E-state index contributed by atoms with van der Waals surface area (Å²) in [6.07, 6.45) is -27.5. The molecule has 2 aliphatic heterocycles. The first kappa shape index (κ1) is 50.8. The lowest BCUT2D eigenvalue weighted by atomic mass is 9.93. The van der Waals surface area contributed by atoms with Crippen LogP contribution in [0.3, 0.4) is 0 Å². The predicted octanol–water partition coefficient (Wildman–Crippen LogP) is -0.532.